The molecular formula is C30H32BNO2. The van der Waals surface area contributed by atoms with Gasteiger partial charge in [-0.1, -0.05) is 84.4 Å². The van der Waals surface area contributed by atoms with Crippen LogP contribution in [-0.2, 0) is 4.65 Å². The molecule has 0 aromatic heterocycles. The molecule has 2 unspecified atom stereocenters. The number of para-hydroxylation sites is 1. The third-order valence-corrected chi connectivity index (χ3v) is 7.44. The minimum Gasteiger partial charge on any atom is -0.427 e. The molecule has 1 N–H and O–H groups in total. The van der Waals surface area contributed by atoms with Crippen molar-refractivity contribution in [3.05, 3.63) is 103 Å². The number of benzene rings is 3. The van der Waals surface area contributed by atoms with Crippen LogP contribution in [0.3, 0.4) is 0 Å². The van der Waals surface area contributed by atoms with E-state index in [9.17, 15) is 5.11 Å². The molecular weight excluding hydrogens is 417 g/mol. The number of hydrogen-bond acceptors (Lipinski definition) is 3. The lowest BCUT2D eigenvalue weighted by Gasteiger charge is -2.37. The van der Waals surface area contributed by atoms with Crippen LogP contribution >= 0.6 is 0 Å². The van der Waals surface area contributed by atoms with Crippen LogP contribution in [0, 0.1) is 0 Å². The van der Waals surface area contributed by atoms with E-state index in [4.69, 9.17) is 4.65 Å². The van der Waals surface area contributed by atoms with Gasteiger partial charge < -0.3 is 14.7 Å². The first kappa shape index (κ1) is 22.7. The first-order chi connectivity index (χ1) is 16.2. The fourth-order valence-electron chi connectivity index (χ4n) is 4.66. The number of fused-ring (bicyclic) bond motifs is 3. The van der Waals surface area contributed by atoms with Crippen LogP contribution in [0.2, 0.25) is 0 Å². The van der Waals surface area contributed by atoms with Gasteiger partial charge in [0.05, 0.1) is 17.2 Å². The highest BCUT2D eigenvalue weighted by atomic mass is 16.5. The fraction of sp³-hybridized carbons (Fsp3) is 0.267. The van der Waals surface area contributed by atoms with E-state index in [1.165, 1.54) is 28.1 Å². The van der Waals surface area contributed by atoms with Gasteiger partial charge in [0.15, 0.2) is 0 Å². The van der Waals surface area contributed by atoms with Crippen molar-refractivity contribution in [1.29, 1.82) is 0 Å². The van der Waals surface area contributed by atoms with Gasteiger partial charge in [-0.15, -0.1) is 0 Å². The van der Waals surface area contributed by atoms with Gasteiger partial charge in [-0.2, -0.15) is 0 Å². The quantitative estimate of drug-likeness (QED) is 0.496. The summed E-state index contributed by atoms with van der Waals surface area (Å²) < 4.78 is 6.03. The van der Waals surface area contributed by atoms with E-state index in [0.717, 1.165) is 5.46 Å². The molecule has 1 aliphatic heterocycles. The zero-order valence-corrected chi connectivity index (χ0v) is 20.4. The van der Waals surface area contributed by atoms with Crippen LogP contribution in [-0.4, -0.2) is 29.8 Å². The molecule has 0 bridgehead atoms. The highest BCUT2D eigenvalue weighted by molar-refractivity contribution is 6.47. The van der Waals surface area contributed by atoms with E-state index in [1.54, 1.807) is 13.8 Å². The first-order valence-corrected chi connectivity index (χ1v) is 12.0. The summed E-state index contributed by atoms with van der Waals surface area (Å²) in [5.74, 6) is 0.386. The van der Waals surface area contributed by atoms with Crippen LogP contribution in [0.4, 0.5) is 11.4 Å². The molecule has 2 atom stereocenters. The normalized spacial score (nSPS) is 19.1. The summed E-state index contributed by atoms with van der Waals surface area (Å²) in [6.07, 6.45) is 8.93. The summed E-state index contributed by atoms with van der Waals surface area (Å²) in [7, 11) is 0.463. The Balaban J connectivity index is 1.39. The van der Waals surface area contributed by atoms with E-state index < -0.39 is 11.2 Å². The Hall–Kier alpha value is -3.08. The largest absolute Gasteiger partial charge is 0.427 e. The number of allylic oxidation sites excluding steroid dienone is 2. The molecule has 1 heterocycles. The lowest BCUT2D eigenvalue weighted by Crippen LogP contribution is -2.49. The molecule has 0 saturated carbocycles. The van der Waals surface area contributed by atoms with Crippen molar-refractivity contribution in [2.24, 2.45) is 0 Å². The molecule has 172 valence electrons. The lowest BCUT2D eigenvalue weighted by molar-refractivity contribution is -0.0893. The number of anilines is 2. The number of aliphatic hydroxyl groups is 1. The van der Waals surface area contributed by atoms with Crippen LogP contribution in [0.5, 0.6) is 0 Å². The third-order valence-electron chi connectivity index (χ3n) is 7.44. The highest BCUT2D eigenvalue weighted by Crippen LogP contribution is 2.47. The second-order valence-electron chi connectivity index (χ2n) is 10.3. The van der Waals surface area contributed by atoms with E-state index >= 15 is 0 Å². The lowest BCUT2D eigenvalue weighted by atomic mass is 9.82. The van der Waals surface area contributed by atoms with Gasteiger partial charge in [-0.3, -0.25) is 0 Å². The molecule has 34 heavy (non-hydrogen) atoms. The van der Waals surface area contributed by atoms with Gasteiger partial charge in [-0.25, -0.2) is 0 Å². The minimum absolute atomic E-state index is 0.302. The molecule has 3 nitrogen and oxygen atoms in total. The average molecular weight is 449 g/mol. The standard InChI is InChI=1S/C30H32BNO2/c1-29(2,33)30(3,4)34-31-23-18-16-21(17-19-23)22-10-9-11-24(20-22)32-27-14-7-5-12-25(27)26-13-6-8-15-28(26)32/h5-20,25,27,31,33H,1-4H3. The molecule has 0 fully saturated rings. The predicted octanol–water partition coefficient (Wildman–Crippen LogP) is 5.63. The average Bonchev–Trinajstić information content (AvgIpc) is 3.17. The Labute approximate surface area is 203 Å². The molecule has 5 rings (SSSR count). The predicted molar refractivity (Wildman–Crippen MR) is 144 cm³/mol. The van der Waals surface area contributed by atoms with Gasteiger partial charge in [0.25, 0.3) is 0 Å². The molecule has 2 aliphatic rings. The monoisotopic (exact) mass is 449 g/mol. The van der Waals surface area contributed by atoms with Crippen LogP contribution in [0.25, 0.3) is 11.1 Å². The Kier molecular flexibility index (Phi) is 5.75. The van der Waals surface area contributed by atoms with Crippen LogP contribution < -0.4 is 10.4 Å². The molecule has 3 aromatic carbocycles. The van der Waals surface area contributed by atoms with E-state index in [-0.39, 0.29) is 0 Å². The second-order valence-corrected chi connectivity index (χ2v) is 10.3. The van der Waals surface area contributed by atoms with Crippen molar-refractivity contribution in [3.63, 3.8) is 0 Å². The van der Waals surface area contributed by atoms with Gasteiger partial charge in [-0.05, 0) is 62.6 Å². The molecule has 0 radical (unpaired) electrons. The maximum atomic E-state index is 10.3. The summed E-state index contributed by atoms with van der Waals surface area (Å²) in [4.78, 5) is 2.46. The Morgan fingerprint density at radius 3 is 2.32 bits per heavy atom. The van der Waals surface area contributed by atoms with E-state index in [0.29, 0.717) is 19.4 Å². The van der Waals surface area contributed by atoms with Crippen molar-refractivity contribution < 1.29 is 9.76 Å². The summed E-state index contributed by atoms with van der Waals surface area (Å²) in [5.41, 5.74) is 5.79. The second kappa shape index (κ2) is 8.61. The van der Waals surface area contributed by atoms with Crippen molar-refractivity contribution in [2.45, 2.75) is 50.9 Å². The van der Waals surface area contributed by atoms with Gasteiger partial charge in [0.2, 0.25) is 0 Å². The fourth-order valence-corrected chi connectivity index (χ4v) is 4.66. The van der Waals surface area contributed by atoms with Gasteiger partial charge in [0.1, 0.15) is 0 Å². The summed E-state index contributed by atoms with van der Waals surface area (Å²) in [6, 6.07) is 26.4. The van der Waals surface area contributed by atoms with E-state index in [1.807, 2.05) is 13.8 Å². The molecule has 4 heteroatoms. The molecule has 0 spiro atoms. The zero-order valence-electron chi connectivity index (χ0n) is 20.4. The van der Waals surface area contributed by atoms with Gasteiger partial charge >= 0.3 is 7.48 Å². The van der Waals surface area contributed by atoms with Crippen molar-refractivity contribution in [2.75, 3.05) is 4.90 Å². The number of rotatable bonds is 6. The minimum atomic E-state index is -0.913. The molecule has 1 aliphatic carbocycles. The SMILES string of the molecule is CC(C)(O)C(C)(C)OBc1ccc(-c2cccc(N3c4ccccc4C4C=CC=CC43)c2)cc1. The van der Waals surface area contributed by atoms with Crippen molar-refractivity contribution in [1.82, 2.24) is 0 Å². The third kappa shape index (κ3) is 4.13. The topological polar surface area (TPSA) is 32.7 Å². The van der Waals surface area contributed by atoms with Crippen LogP contribution in [0.15, 0.2) is 97.1 Å². The van der Waals surface area contributed by atoms with E-state index in [2.05, 4.69) is 102 Å². The van der Waals surface area contributed by atoms with Crippen LogP contribution in [0.1, 0.15) is 39.2 Å². The molecule has 3 aromatic rings. The number of hydrogen-bond donors (Lipinski definition) is 1. The Morgan fingerprint density at radius 1 is 0.824 bits per heavy atom. The Morgan fingerprint density at radius 2 is 1.56 bits per heavy atom. The van der Waals surface area contributed by atoms with Crippen molar-refractivity contribution in [3.8, 4) is 11.1 Å². The van der Waals surface area contributed by atoms with Crippen molar-refractivity contribution >= 4 is 24.3 Å². The summed E-state index contributed by atoms with van der Waals surface area (Å²) >= 11 is 0. The summed E-state index contributed by atoms with van der Waals surface area (Å²) in [5, 5.41) is 10.3. The smallest absolute Gasteiger partial charge is 0.309 e. The van der Waals surface area contributed by atoms with Gasteiger partial charge in [0, 0.05) is 17.3 Å². The first-order valence-electron chi connectivity index (χ1n) is 12.0. The highest BCUT2D eigenvalue weighted by Gasteiger charge is 2.37. The maximum absolute atomic E-state index is 10.3. The number of nitrogens with zero attached hydrogens (tertiary/aromatic N) is 1. The molecule has 0 amide bonds. The summed E-state index contributed by atoms with van der Waals surface area (Å²) in [6.45, 7) is 7.41. The Bertz CT molecular complexity index is 1240. The maximum Gasteiger partial charge on any atom is 0.309 e. The molecule has 0 saturated heterocycles. The zero-order chi connectivity index (χ0) is 23.9.